The van der Waals surface area contributed by atoms with Gasteiger partial charge in [0.15, 0.2) is 0 Å². The molecule has 1 aromatic heterocycles. The lowest BCUT2D eigenvalue weighted by Gasteiger charge is -2.15. The van der Waals surface area contributed by atoms with Crippen molar-refractivity contribution in [2.45, 2.75) is 12.6 Å². The van der Waals surface area contributed by atoms with E-state index >= 15 is 0 Å². The molecule has 0 aliphatic heterocycles. The Bertz CT molecular complexity index is 917. The Labute approximate surface area is 160 Å². The average molecular weight is 388 g/mol. The monoisotopic (exact) mass is 388 g/mol. The van der Waals surface area contributed by atoms with Crippen molar-refractivity contribution in [3.63, 3.8) is 0 Å². The summed E-state index contributed by atoms with van der Waals surface area (Å²) in [4.78, 5) is 8.69. The van der Waals surface area contributed by atoms with Gasteiger partial charge in [0.25, 0.3) is 0 Å². The molecule has 3 N–H and O–H groups in total. The summed E-state index contributed by atoms with van der Waals surface area (Å²) in [5.41, 5.74) is 0.509. The molecular formula is C20H19F3N4O. The molecule has 0 saturated carbocycles. The predicted octanol–water partition coefficient (Wildman–Crippen LogP) is 4.70. The highest BCUT2D eigenvalue weighted by Crippen LogP contribution is 2.36. The maximum Gasteiger partial charge on any atom is 0.418 e. The molecule has 0 spiro atoms. The highest BCUT2D eigenvalue weighted by atomic mass is 19.4. The third-order valence-electron chi connectivity index (χ3n) is 3.91. The second kappa shape index (κ2) is 8.71. The molecule has 0 saturated heterocycles. The summed E-state index contributed by atoms with van der Waals surface area (Å²) < 4.78 is 39.8. The number of nitrogens with zero attached hydrogens (tertiary/aromatic N) is 2. The van der Waals surface area contributed by atoms with Gasteiger partial charge in [0, 0.05) is 24.8 Å². The molecule has 0 amide bonds. The van der Waals surface area contributed by atoms with Crippen LogP contribution in [-0.4, -0.2) is 28.2 Å². The van der Waals surface area contributed by atoms with Crippen molar-refractivity contribution >= 4 is 17.5 Å². The van der Waals surface area contributed by atoms with Crippen LogP contribution in [0.4, 0.5) is 30.6 Å². The van der Waals surface area contributed by atoms with E-state index in [-0.39, 0.29) is 24.1 Å². The summed E-state index contributed by atoms with van der Waals surface area (Å²) in [5.74, 6) is 0.499. The second-order valence-corrected chi connectivity index (χ2v) is 6.00. The van der Waals surface area contributed by atoms with E-state index in [0.717, 1.165) is 11.6 Å². The molecule has 0 radical (unpaired) electrons. The van der Waals surface area contributed by atoms with Crippen LogP contribution in [-0.2, 0) is 6.18 Å². The zero-order valence-electron chi connectivity index (χ0n) is 14.9. The summed E-state index contributed by atoms with van der Waals surface area (Å²) in [5, 5.41) is 14.7. The lowest BCUT2D eigenvalue weighted by Crippen LogP contribution is -2.11. The minimum atomic E-state index is -4.49. The lowest BCUT2D eigenvalue weighted by molar-refractivity contribution is -0.136. The predicted molar refractivity (Wildman–Crippen MR) is 102 cm³/mol. The Hall–Kier alpha value is -3.13. The number of alkyl halides is 3. The maximum atomic E-state index is 13.3. The van der Waals surface area contributed by atoms with Crippen molar-refractivity contribution in [1.82, 2.24) is 9.97 Å². The number of anilines is 3. The molecule has 0 aliphatic rings. The SMILES string of the molecule is OCCCNc1nc(Nc2ccccc2C(F)(F)F)cc(-c2ccccc2)n1. The number of aliphatic hydroxyl groups is 1. The first-order chi connectivity index (χ1) is 13.5. The number of aromatic nitrogens is 2. The normalized spacial score (nSPS) is 11.3. The van der Waals surface area contributed by atoms with E-state index in [4.69, 9.17) is 5.11 Å². The number of rotatable bonds is 7. The van der Waals surface area contributed by atoms with Gasteiger partial charge in [-0.1, -0.05) is 42.5 Å². The highest BCUT2D eigenvalue weighted by molar-refractivity contribution is 5.68. The number of aliphatic hydroxyl groups excluding tert-OH is 1. The van der Waals surface area contributed by atoms with Crippen LogP contribution in [0.25, 0.3) is 11.3 Å². The fourth-order valence-electron chi connectivity index (χ4n) is 2.60. The third kappa shape index (κ3) is 4.98. The number of halogens is 3. The van der Waals surface area contributed by atoms with E-state index in [2.05, 4.69) is 20.6 Å². The summed E-state index contributed by atoms with van der Waals surface area (Å²) in [6, 6.07) is 16.1. The second-order valence-electron chi connectivity index (χ2n) is 6.00. The van der Waals surface area contributed by atoms with E-state index in [1.807, 2.05) is 30.3 Å². The third-order valence-corrected chi connectivity index (χ3v) is 3.91. The first-order valence-corrected chi connectivity index (χ1v) is 8.70. The van der Waals surface area contributed by atoms with Crippen LogP contribution in [0.2, 0.25) is 0 Å². The molecule has 0 aliphatic carbocycles. The summed E-state index contributed by atoms with van der Waals surface area (Å²) in [6.45, 7) is 0.447. The summed E-state index contributed by atoms with van der Waals surface area (Å²) in [7, 11) is 0. The molecule has 146 valence electrons. The van der Waals surface area contributed by atoms with Crippen molar-refractivity contribution in [3.8, 4) is 11.3 Å². The standard InChI is InChI=1S/C20H19F3N4O/c21-20(22,23)15-9-4-5-10-16(15)25-18-13-17(14-7-2-1-3-8-14)26-19(27-18)24-11-6-12-28/h1-5,7-10,13,28H,6,11-12H2,(H2,24,25,26,27). The van der Waals surface area contributed by atoms with Gasteiger partial charge in [0.1, 0.15) is 5.82 Å². The molecule has 5 nitrogen and oxygen atoms in total. The molecule has 0 fully saturated rings. The molecule has 2 aromatic carbocycles. The fraction of sp³-hybridized carbons (Fsp3) is 0.200. The first-order valence-electron chi connectivity index (χ1n) is 8.70. The number of hydrogen-bond donors (Lipinski definition) is 3. The van der Waals surface area contributed by atoms with E-state index < -0.39 is 11.7 Å². The Balaban J connectivity index is 1.97. The summed E-state index contributed by atoms with van der Waals surface area (Å²) >= 11 is 0. The Morgan fingerprint density at radius 1 is 0.929 bits per heavy atom. The Morgan fingerprint density at radius 3 is 2.36 bits per heavy atom. The van der Waals surface area contributed by atoms with Gasteiger partial charge in [0.05, 0.1) is 16.9 Å². The van der Waals surface area contributed by atoms with Crippen LogP contribution in [0.15, 0.2) is 60.7 Å². The highest BCUT2D eigenvalue weighted by Gasteiger charge is 2.33. The minimum absolute atomic E-state index is 0.00937. The number of nitrogens with one attached hydrogen (secondary N) is 2. The number of hydrogen-bond acceptors (Lipinski definition) is 5. The molecule has 8 heteroatoms. The van der Waals surface area contributed by atoms with Gasteiger partial charge in [0.2, 0.25) is 5.95 Å². The van der Waals surface area contributed by atoms with Gasteiger partial charge in [-0.3, -0.25) is 0 Å². The molecule has 28 heavy (non-hydrogen) atoms. The van der Waals surface area contributed by atoms with Crippen molar-refractivity contribution in [1.29, 1.82) is 0 Å². The van der Waals surface area contributed by atoms with Crippen LogP contribution in [0.1, 0.15) is 12.0 Å². The van der Waals surface area contributed by atoms with Crippen molar-refractivity contribution in [2.75, 3.05) is 23.8 Å². The van der Waals surface area contributed by atoms with Gasteiger partial charge >= 0.3 is 6.18 Å². The zero-order chi connectivity index (χ0) is 20.0. The van der Waals surface area contributed by atoms with Gasteiger partial charge in [-0.15, -0.1) is 0 Å². The van der Waals surface area contributed by atoms with E-state index in [1.165, 1.54) is 18.2 Å². The van der Waals surface area contributed by atoms with Crippen LogP contribution in [0.3, 0.4) is 0 Å². The van der Waals surface area contributed by atoms with Crippen LogP contribution < -0.4 is 10.6 Å². The van der Waals surface area contributed by atoms with E-state index in [9.17, 15) is 13.2 Å². The molecule has 3 rings (SSSR count). The number of benzene rings is 2. The molecule has 0 unspecified atom stereocenters. The van der Waals surface area contributed by atoms with E-state index in [1.54, 1.807) is 6.07 Å². The quantitative estimate of drug-likeness (QED) is 0.512. The largest absolute Gasteiger partial charge is 0.418 e. The lowest BCUT2D eigenvalue weighted by atomic mass is 10.1. The number of para-hydroxylation sites is 1. The maximum absolute atomic E-state index is 13.3. The fourth-order valence-corrected chi connectivity index (χ4v) is 2.60. The van der Waals surface area contributed by atoms with Gasteiger partial charge < -0.3 is 15.7 Å². The van der Waals surface area contributed by atoms with Gasteiger partial charge in [-0.2, -0.15) is 18.2 Å². The van der Waals surface area contributed by atoms with E-state index in [0.29, 0.717) is 18.7 Å². The topological polar surface area (TPSA) is 70.1 Å². The molecule has 0 bridgehead atoms. The van der Waals surface area contributed by atoms with Crippen LogP contribution >= 0.6 is 0 Å². The van der Waals surface area contributed by atoms with Crippen LogP contribution in [0.5, 0.6) is 0 Å². The zero-order valence-corrected chi connectivity index (χ0v) is 14.9. The molecular weight excluding hydrogens is 369 g/mol. The summed E-state index contributed by atoms with van der Waals surface area (Å²) in [6.07, 6.45) is -3.99. The molecule has 0 atom stereocenters. The van der Waals surface area contributed by atoms with Crippen molar-refractivity contribution < 1.29 is 18.3 Å². The Morgan fingerprint density at radius 2 is 1.64 bits per heavy atom. The van der Waals surface area contributed by atoms with Crippen molar-refractivity contribution in [2.24, 2.45) is 0 Å². The van der Waals surface area contributed by atoms with Crippen LogP contribution in [0, 0.1) is 0 Å². The van der Waals surface area contributed by atoms with Gasteiger partial charge in [-0.05, 0) is 18.6 Å². The smallest absolute Gasteiger partial charge is 0.396 e. The molecule has 3 aromatic rings. The Kier molecular flexibility index (Phi) is 6.10. The first kappa shape index (κ1) is 19.6. The van der Waals surface area contributed by atoms with Gasteiger partial charge in [-0.25, -0.2) is 4.98 Å². The minimum Gasteiger partial charge on any atom is -0.396 e. The van der Waals surface area contributed by atoms with Crippen molar-refractivity contribution in [3.05, 3.63) is 66.2 Å². The average Bonchev–Trinajstić information content (AvgIpc) is 2.68. The molecule has 1 heterocycles.